The third kappa shape index (κ3) is 4.09. The SMILES string of the molecule is O=C(Nc1cn[nH]c1-c1nc2c([nH]1)CN(CCN1CCOCC1)N=C2)[C@@H]1CCCO1. The van der Waals surface area contributed by atoms with E-state index in [0.29, 0.717) is 30.4 Å². The van der Waals surface area contributed by atoms with Gasteiger partial charge in [0.15, 0.2) is 5.82 Å². The molecule has 11 heteroatoms. The number of anilines is 1. The molecule has 30 heavy (non-hydrogen) atoms. The van der Waals surface area contributed by atoms with Crippen LogP contribution in [0.3, 0.4) is 0 Å². The minimum atomic E-state index is -0.398. The highest BCUT2D eigenvalue weighted by molar-refractivity contribution is 5.97. The van der Waals surface area contributed by atoms with Crippen LogP contribution >= 0.6 is 0 Å². The molecule has 0 aliphatic carbocycles. The molecule has 5 rings (SSSR count). The van der Waals surface area contributed by atoms with Gasteiger partial charge >= 0.3 is 0 Å². The summed E-state index contributed by atoms with van der Waals surface area (Å²) < 4.78 is 10.9. The van der Waals surface area contributed by atoms with E-state index in [1.54, 1.807) is 12.4 Å². The van der Waals surface area contributed by atoms with E-state index < -0.39 is 6.10 Å². The number of hydrazone groups is 1. The molecular formula is C19H26N8O3. The number of hydrogen-bond acceptors (Lipinski definition) is 8. The summed E-state index contributed by atoms with van der Waals surface area (Å²) in [5, 5.41) is 16.5. The van der Waals surface area contributed by atoms with E-state index in [9.17, 15) is 4.79 Å². The van der Waals surface area contributed by atoms with E-state index >= 15 is 0 Å². The molecule has 0 spiro atoms. The first-order valence-electron chi connectivity index (χ1n) is 10.4. The van der Waals surface area contributed by atoms with Crippen LogP contribution in [0.15, 0.2) is 11.3 Å². The summed E-state index contributed by atoms with van der Waals surface area (Å²) in [7, 11) is 0. The lowest BCUT2D eigenvalue weighted by Gasteiger charge is -2.29. The number of fused-ring (bicyclic) bond motifs is 1. The van der Waals surface area contributed by atoms with Crippen molar-refractivity contribution in [3.8, 4) is 11.5 Å². The predicted octanol–water partition coefficient (Wildman–Crippen LogP) is 0.399. The van der Waals surface area contributed by atoms with Gasteiger partial charge in [-0.15, -0.1) is 0 Å². The number of ether oxygens (including phenoxy) is 2. The standard InChI is InChI=1S/C19H26N8O3/c28-19(16-2-1-7-30-16)24-14-10-20-25-17(14)18-22-13-11-21-27(12-15(13)23-18)4-3-26-5-8-29-9-6-26/h10-11,16H,1-9,12H2,(H,20,25)(H,22,23)(H,24,28)/t16-/m0/s1. The summed E-state index contributed by atoms with van der Waals surface area (Å²) in [5.74, 6) is 0.476. The Bertz CT molecular complexity index is 911. The second-order valence-electron chi connectivity index (χ2n) is 7.69. The molecule has 11 nitrogen and oxygen atoms in total. The van der Waals surface area contributed by atoms with Gasteiger partial charge in [0, 0.05) is 32.8 Å². The van der Waals surface area contributed by atoms with Crippen molar-refractivity contribution in [2.75, 3.05) is 51.3 Å². The van der Waals surface area contributed by atoms with E-state index in [1.165, 1.54) is 0 Å². The number of carbonyl (C=O) groups is 1. The lowest BCUT2D eigenvalue weighted by Crippen LogP contribution is -2.40. The van der Waals surface area contributed by atoms with Crippen LogP contribution in [0.1, 0.15) is 24.2 Å². The molecule has 3 aliphatic rings. The van der Waals surface area contributed by atoms with Gasteiger partial charge in [0.25, 0.3) is 5.91 Å². The molecule has 3 aliphatic heterocycles. The van der Waals surface area contributed by atoms with E-state index in [1.807, 2.05) is 5.01 Å². The highest BCUT2D eigenvalue weighted by atomic mass is 16.5. The van der Waals surface area contributed by atoms with Crippen LogP contribution in [-0.4, -0.2) is 94.3 Å². The lowest BCUT2D eigenvalue weighted by molar-refractivity contribution is -0.124. The van der Waals surface area contributed by atoms with Gasteiger partial charge < -0.3 is 19.8 Å². The number of aromatic amines is 2. The van der Waals surface area contributed by atoms with Gasteiger partial charge in [-0.25, -0.2) is 4.98 Å². The molecule has 0 unspecified atom stereocenters. The Morgan fingerprint density at radius 3 is 3.00 bits per heavy atom. The smallest absolute Gasteiger partial charge is 0.253 e. The zero-order valence-corrected chi connectivity index (χ0v) is 16.8. The normalized spacial score (nSPS) is 21.7. The van der Waals surface area contributed by atoms with Crippen molar-refractivity contribution in [2.45, 2.75) is 25.5 Å². The minimum Gasteiger partial charge on any atom is -0.379 e. The molecule has 1 amide bonds. The first-order chi connectivity index (χ1) is 14.8. The summed E-state index contributed by atoms with van der Waals surface area (Å²) in [6.07, 6.45) is 4.61. The number of amides is 1. The van der Waals surface area contributed by atoms with E-state index in [-0.39, 0.29) is 5.91 Å². The van der Waals surface area contributed by atoms with Gasteiger partial charge in [-0.3, -0.25) is 19.8 Å². The van der Waals surface area contributed by atoms with E-state index in [2.05, 4.69) is 35.5 Å². The van der Waals surface area contributed by atoms with E-state index in [0.717, 1.165) is 63.6 Å². The maximum atomic E-state index is 12.4. The highest BCUT2D eigenvalue weighted by Gasteiger charge is 2.26. The van der Waals surface area contributed by atoms with Gasteiger partial charge in [0.2, 0.25) is 0 Å². The fraction of sp³-hybridized carbons (Fsp3) is 0.579. The number of imidazole rings is 1. The molecule has 0 aromatic carbocycles. The second kappa shape index (κ2) is 8.54. The Morgan fingerprint density at radius 1 is 1.27 bits per heavy atom. The minimum absolute atomic E-state index is 0.151. The molecule has 2 fully saturated rings. The molecule has 160 valence electrons. The molecular weight excluding hydrogens is 388 g/mol. The maximum Gasteiger partial charge on any atom is 0.253 e. The van der Waals surface area contributed by atoms with Crippen LogP contribution in [0, 0.1) is 0 Å². The third-order valence-electron chi connectivity index (χ3n) is 5.63. The summed E-state index contributed by atoms with van der Waals surface area (Å²) in [5.41, 5.74) is 3.03. The molecule has 2 aromatic heterocycles. The molecule has 2 saturated heterocycles. The fourth-order valence-electron chi connectivity index (χ4n) is 3.91. The maximum absolute atomic E-state index is 12.4. The zero-order chi connectivity index (χ0) is 20.3. The number of H-pyrrole nitrogens is 2. The van der Waals surface area contributed by atoms with Crippen LogP contribution in [0.4, 0.5) is 5.69 Å². The van der Waals surface area contributed by atoms with Crippen LogP contribution in [-0.2, 0) is 20.8 Å². The number of aromatic nitrogens is 4. The van der Waals surface area contributed by atoms with Crippen LogP contribution < -0.4 is 5.32 Å². The number of hydrogen-bond donors (Lipinski definition) is 3. The Morgan fingerprint density at radius 2 is 2.17 bits per heavy atom. The van der Waals surface area contributed by atoms with Gasteiger partial charge in [-0.1, -0.05) is 0 Å². The summed E-state index contributed by atoms with van der Waals surface area (Å²) >= 11 is 0. The van der Waals surface area contributed by atoms with Crippen molar-refractivity contribution < 1.29 is 14.3 Å². The molecule has 0 bridgehead atoms. The molecule has 0 radical (unpaired) electrons. The Balaban J connectivity index is 1.23. The first kappa shape index (κ1) is 19.2. The topological polar surface area (TPSA) is 124 Å². The number of rotatable bonds is 6. The Hall–Kier alpha value is -2.76. The van der Waals surface area contributed by atoms with Crippen molar-refractivity contribution in [1.82, 2.24) is 30.1 Å². The van der Waals surface area contributed by atoms with Crippen LogP contribution in [0.25, 0.3) is 11.5 Å². The molecule has 0 saturated carbocycles. The molecule has 2 aromatic rings. The third-order valence-corrected chi connectivity index (χ3v) is 5.63. The Labute approximate surface area is 173 Å². The number of nitrogens with one attached hydrogen (secondary N) is 3. The average Bonchev–Trinajstić information content (AvgIpc) is 3.52. The van der Waals surface area contributed by atoms with Crippen molar-refractivity contribution in [3.63, 3.8) is 0 Å². The molecule has 3 N–H and O–H groups in total. The van der Waals surface area contributed by atoms with Gasteiger partial charge in [-0.2, -0.15) is 10.2 Å². The zero-order valence-electron chi connectivity index (χ0n) is 16.8. The second-order valence-corrected chi connectivity index (χ2v) is 7.69. The first-order valence-corrected chi connectivity index (χ1v) is 10.4. The van der Waals surface area contributed by atoms with Crippen LogP contribution in [0.5, 0.6) is 0 Å². The highest BCUT2D eigenvalue weighted by Crippen LogP contribution is 2.26. The lowest BCUT2D eigenvalue weighted by atomic mass is 10.2. The monoisotopic (exact) mass is 414 g/mol. The van der Waals surface area contributed by atoms with E-state index in [4.69, 9.17) is 9.47 Å². The van der Waals surface area contributed by atoms with Crippen molar-refractivity contribution >= 4 is 17.8 Å². The molecule has 5 heterocycles. The average molecular weight is 414 g/mol. The number of morpholine rings is 1. The number of nitrogens with zero attached hydrogens (tertiary/aromatic N) is 5. The van der Waals surface area contributed by atoms with Crippen molar-refractivity contribution in [3.05, 3.63) is 17.6 Å². The summed E-state index contributed by atoms with van der Waals surface area (Å²) in [6.45, 7) is 6.63. The van der Waals surface area contributed by atoms with Crippen LogP contribution in [0.2, 0.25) is 0 Å². The summed E-state index contributed by atoms with van der Waals surface area (Å²) in [4.78, 5) is 22.8. The summed E-state index contributed by atoms with van der Waals surface area (Å²) in [6, 6.07) is 0. The van der Waals surface area contributed by atoms with Crippen molar-refractivity contribution in [2.24, 2.45) is 5.10 Å². The van der Waals surface area contributed by atoms with Gasteiger partial charge in [-0.05, 0) is 12.8 Å². The fourth-order valence-corrected chi connectivity index (χ4v) is 3.91. The Kier molecular flexibility index (Phi) is 5.47. The largest absolute Gasteiger partial charge is 0.379 e. The quantitative estimate of drug-likeness (QED) is 0.625. The number of carbonyl (C=O) groups excluding carboxylic acids is 1. The van der Waals surface area contributed by atoms with Crippen molar-refractivity contribution in [1.29, 1.82) is 0 Å². The van der Waals surface area contributed by atoms with Gasteiger partial charge in [0.05, 0.1) is 43.6 Å². The predicted molar refractivity (Wildman–Crippen MR) is 109 cm³/mol. The van der Waals surface area contributed by atoms with Gasteiger partial charge in [0.1, 0.15) is 17.5 Å². The molecule has 1 atom stereocenters.